The minimum atomic E-state index is 0.0519. The summed E-state index contributed by atoms with van der Waals surface area (Å²) in [6.07, 6.45) is 5.00. The van der Waals surface area contributed by atoms with Gasteiger partial charge in [0.2, 0.25) is 0 Å². The molecule has 1 atom stereocenters. The molecule has 0 amide bonds. The number of nitrogens with zero attached hydrogens (tertiary/aromatic N) is 2. The highest BCUT2D eigenvalue weighted by atomic mass is 16.3. The van der Waals surface area contributed by atoms with Crippen LogP contribution in [0.1, 0.15) is 30.7 Å². The summed E-state index contributed by atoms with van der Waals surface area (Å²) < 4.78 is 7.81. The normalized spacial score (nSPS) is 12.9. The molecule has 0 saturated carbocycles. The average Bonchev–Trinajstić information content (AvgIpc) is 3.05. The number of aromatic nitrogens is 2. The number of hydrogen-bond donors (Lipinski definition) is 1. The van der Waals surface area contributed by atoms with E-state index < -0.39 is 0 Å². The van der Waals surface area contributed by atoms with Crippen molar-refractivity contribution in [2.45, 2.75) is 19.4 Å². The second-order valence-corrected chi connectivity index (χ2v) is 5.02. The summed E-state index contributed by atoms with van der Waals surface area (Å²) in [6.45, 7) is 3.10. The number of para-hydroxylation sites is 1. The fourth-order valence-corrected chi connectivity index (χ4v) is 2.41. The molecule has 2 heterocycles. The Morgan fingerprint density at radius 1 is 1.35 bits per heavy atom. The molecule has 2 aromatic heterocycles. The van der Waals surface area contributed by atoms with E-state index in [-0.39, 0.29) is 6.04 Å². The Bertz CT molecular complexity index is 665. The fourth-order valence-electron chi connectivity index (χ4n) is 2.41. The third kappa shape index (κ3) is 2.47. The molecule has 4 heteroatoms. The zero-order valence-electron chi connectivity index (χ0n) is 11.8. The highest BCUT2D eigenvalue weighted by Crippen LogP contribution is 2.28. The molecule has 20 heavy (non-hydrogen) atoms. The first-order valence-electron chi connectivity index (χ1n) is 6.98. The highest BCUT2D eigenvalue weighted by Gasteiger charge is 2.19. The molecule has 1 aromatic carbocycles. The van der Waals surface area contributed by atoms with Crippen molar-refractivity contribution in [1.29, 1.82) is 0 Å². The van der Waals surface area contributed by atoms with Gasteiger partial charge in [0.25, 0.3) is 0 Å². The first kappa shape index (κ1) is 12.9. The molecular formula is C16H19N3O. The SMILES string of the molecule is CCCNC(c1cnn(C)c1)c1cc2ccccc2o1. The predicted octanol–water partition coefficient (Wildman–Crippen LogP) is 3.26. The van der Waals surface area contributed by atoms with Gasteiger partial charge in [-0.2, -0.15) is 5.10 Å². The molecule has 0 spiro atoms. The second-order valence-electron chi connectivity index (χ2n) is 5.02. The number of fused-ring (bicyclic) bond motifs is 1. The maximum atomic E-state index is 5.99. The van der Waals surface area contributed by atoms with Crippen molar-refractivity contribution in [2.24, 2.45) is 7.05 Å². The smallest absolute Gasteiger partial charge is 0.134 e. The van der Waals surface area contributed by atoms with Gasteiger partial charge >= 0.3 is 0 Å². The van der Waals surface area contributed by atoms with Gasteiger partial charge in [0.05, 0.1) is 12.2 Å². The van der Waals surface area contributed by atoms with Gasteiger partial charge < -0.3 is 9.73 Å². The van der Waals surface area contributed by atoms with Crippen molar-refractivity contribution in [2.75, 3.05) is 6.54 Å². The molecular weight excluding hydrogens is 250 g/mol. The highest BCUT2D eigenvalue weighted by molar-refractivity contribution is 5.77. The lowest BCUT2D eigenvalue weighted by Gasteiger charge is -2.14. The van der Waals surface area contributed by atoms with Crippen LogP contribution >= 0.6 is 0 Å². The first-order chi connectivity index (χ1) is 9.78. The predicted molar refractivity (Wildman–Crippen MR) is 79.6 cm³/mol. The van der Waals surface area contributed by atoms with Crippen LogP contribution < -0.4 is 5.32 Å². The Morgan fingerprint density at radius 2 is 2.20 bits per heavy atom. The number of benzene rings is 1. The lowest BCUT2D eigenvalue weighted by Crippen LogP contribution is -2.22. The molecule has 0 fully saturated rings. The molecule has 3 aromatic rings. The Morgan fingerprint density at radius 3 is 2.90 bits per heavy atom. The molecule has 0 saturated heterocycles. The van der Waals surface area contributed by atoms with Crippen LogP contribution in [0, 0.1) is 0 Å². The van der Waals surface area contributed by atoms with Gasteiger partial charge in [0.15, 0.2) is 0 Å². The van der Waals surface area contributed by atoms with Crippen molar-refractivity contribution in [3.8, 4) is 0 Å². The number of hydrogen-bond acceptors (Lipinski definition) is 3. The zero-order valence-corrected chi connectivity index (χ0v) is 11.8. The summed E-state index contributed by atoms with van der Waals surface area (Å²) in [4.78, 5) is 0. The van der Waals surface area contributed by atoms with Crippen LogP contribution in [-0.2, 0) is 7.05 Å². The van der Waals surface area contributed by atoms with Crippen molar-refractivity contribution in [1.82, 2.24) is 15.1 Å². The van der Waals surface area contributed by atoms with Crippen molar-refractivity contribution in [3.05, 3.63) is 54.0 Å². The lowest BCUT2D eigenvalue weighted by atomic mass is 10.1. The van der Waals surface area contributed by atoms with Crippen LogP contribution in [0.25, 0.3) is 11.0 Å². The van der Waals surface area contributed by atoms with E-state index in [9.17, 15) is 0 Å². The molecule has 3 rings (SSSR count). The summed E-state index contributed by atoms with van der Waals surface area (Å²) in [5, 5.41) is 8.92. The maximum absolute atomic E-state index is 5.99. The third-order valence-electron chi connectivity index (χ3n) is 3.39. The van der Waals surface area contributed by atoms with E-state index in [0.29, 0.717) is 0 Å². The molecule has 0 radical (unpaired) electrons. The molecule has 1 N–H and O–H groups in total. The number of furan rings is 1. The molecule has 1 unspecified atom stereocenters. The van der Waals surface area contributed by atoms with E-state index in [1.54, 1.807) is 0 Å². The van der Waals surface area contributed by atoms with Crippen LogP contribution in [0.4, 0.5) is 0 Å². The lowest BCUT2D eigenvalue weighted by molar-refractivity contribution is 0.469. The average molecular weight is 269 g/mol. The van der Waals surface area contributed by atoms with E-state index in [1.165, 1.54) is 0 Å². The quantitative estimate of drug-likeness (QED) is 0.773. The van der Waals surface area contributed by atoms with Crippen LogP contribution in [0.3, 0.4) is 0 Å². The molecule has 0 aliphatic heterocycles. The van der Waals surface area contributed by atoms with Crippen molar-refractivity contribution < 1.29 is 4.42 Å². The third-order valence-corrected chi connectivity index (χ3v) is 3.39. The van der Waals surface area contributed by atoms with Gasteiger partial charge in [0.1, 0.15) is 11.3 Å². The number of rotatable bonds is 5. The van der Waals surface area contributed by atoms with Gasteiger partial charge in [-0.3, -0.25) is 4.68 Å². The van der Waals surface area contributed by atoms with Gasteiger partial charge in [0, 0.05) is 24.2 Å². The second kappa shape index (κ2) is 5.51. The first-order valence-corrected chi connectivity index (χ1v) is 6.98. The number of aryl methyl sites for hydroxylation is 1. The Labute approximate surface area is 118 Å². The molecule has 0 aliphatic carbocycles. The Kier molecular flexibility index (Phi) is 3.56. The van der Waals surface area contributed by atoms with Crippen LogP contribution in [0.2, 0.25) is 0 Å². The minimum absolute atomic E-state index is 0.0519. The van der Waals surface area contributed by atoms with E-state index >= 15 is 0 Å². The molecule has 104 valence electrons. The molecule has 0 bridgehead atoms. The summed E-state index contributed by atoms with van der Waals surface area (Å²) in [6, 6.07) is 10.3. The van der Waals surface area contributed by atoms with Crippen LogP contribution in [0.5, 0.6) is 0 Å². The summed E-state index contributed by atoms with van der Waals surface area (Å²) in [5.74, 6) is 0.938. The van der Waals surface area contributed by atoms with Crippen molar-refractivity contribution in [3.63, 3.8) is 0 Å². The number of nitrogens with one attached hydrogen (secondary N) is 1. The molecule has 4 nitrogen and oxygen atoms in total. The zero-order chi connectivity index (χ0) is 13.9. The van der Waals surface area contributed by atoms with E-state index in [4.69, 9.17) is 4.42 Å². The van der Waals surface area contributed by atoms with E-state index in [1.807, 2.05) is 42.3 Å². The van der Waals surface area contributed by atoms with Gasteiger partial charge in [-0.05, 0) is 25.1 Å². The van der Waals surface area contributed by atoms with Crippen LogP contribution in [-0.4, -0.2) is 16.3 Å². The largest absolute Gasteiger partial charge is 0.459 e. The van der Waals surface area contributed by atoms with Gasteiger partial charge in [-0.1, -0.05) is 25.1 Å². The van der Waals surface area contributed by atoms with Gasteiger partial charge in [-0.25, -0.2) is 0 Å². The Balaban J connectivity index is 1.99. The summed E-state index contributed by atoms with van der Waals surface area (Å²) in [5.41, 5.74) is 2.05. The maximum Gasteiger partial charge on any atom is 0.134 e. The van der Waals surface area contributed by atoms with Crippen LogP contribution in [0.15, 0.2) is 47.1 Å². The Hall–Kier alpha value is -2.07. The van der Waals surface area contributed by atoms with E-state index in [0.717, 1.165) is 35.3 Å². The fraction of sp³-hybridized carbons (Fsp3) is 0.312. The summed E-state index contributed by atoms with van der Waals surface area (Å²) in [7, 11) is 1.93. The molecule has 0 aliphatic rings. The standard InChI is InChI=1S/C16H19N3O/c1-3-8-17-16(13-10-18-19(2)11-13)15-9-12-6-4-5-7-14(12)20-15/h4-7,9-11,16-17H,3,8H2,1-2H3. The summed E-state index contributed by atoms with van der Waals surface area (Å²) >= 11 is 0. The monoisotopic (exact) mass is 269 g/mol. The van der Waals surface area contributed by atoms with Crippen molar-refractivity contribution >= 4 is 11.0 Å². The van der Waals surface area contributed by atoms with Gasteiger partial charge in [-0.15, -0.1) is 0 Å². The van der Waals surface area contributed by atoms with E-state index in [2.05, 4.69) is 29.5 Å². The minimum Gasteiger partial charge on any atom is -0.459 e. The topological polar surface area (TPSA) is 43.0 Å².